The molecule has 8 nitrogen and oxygen atoms in total. The summed E-state index contributed by atoms with van der Waals surface area (Å²) in [6, 6.07) is 0. The summed E-state index contributed by atoms with van der Waals surface area (Å²) in [5.41, 5.74) is 0. The SMILES string of the molecule is CC/C=C\CCCCOC(CCC(=O)OCCCCCCN(CCO)CCCCCCCC(=O)OCC#CCCCCC)OCCCC/C=C\CC. The van der Waals surface area contributed by atoms with E-state index in [0.717, 1.165) is 135 Å². The van der Waals surface area contributed by atoms with E-state index in [1.165, 1.54) is 12.8 Å². The van der Waals surface area contributed by atoms with Crippen LogP contribution in [0.3, 0.4) is 0 Å². The molecule has 0 heterocycles. The van der Waals surface area contributed by atoms with Gasteiger partial charge in [0.15, 0.2) is 12.9 Å². The van der Waals surface area contributed by atoms with E-state index in [1.807, 2.05) is 0 Å². The van der Waals surface area contributed by atoms with Crippen LogP contribution in [-0.4, -0.2) is 80.9 Å². The Balaban J connectivity index is 4.03. The Bertz CT molecular complexity index is 886. The Labute approximate surface area is 319 Å². The van der Waals surface area contributed by atoms with E-state index >= 15 is 0 Å². The molecule has 0 atom stereocenters. The Morgan fingerprint density at radius 1 is 0.596 bits per heavy atom. The maximum atomic E-state index is 12.4. The van der Waals surface area contributed by atoms with Crippen LogP contribution in [0.1, 0.15) is 175 Å². The van der Waals surface area contributed by atoms with Crippen molar-refractivity contribution in [3.63, 3.8) is 0 Å². The van der Waals surface area contributed by atoms with E-state index in [9.17, 15) is 14.7 Å². The maximum Gasteiger partial charge on any atom is 0.306 e. The van der Waals surface area contributed by atoms with Crippen molar-refractivity contribution in [3.05, 3.63) is 24.3 Å². The van der Waals surface area contributed by atoms with Crippen LogP contribution >= 0.6 is 0 Å². The van der Waals surface area contributed by atoms with Gasteiger partial charge in [0.2, 0.25) is 0 Å². The Morgan fingerprint density at radius 2 is 1.17 bits per heavy atom. The minimum Gasteiger partial charge on any atom is -0.466 e. The number of hydrogen-bond donors (Lipinski definition) is 1. The molecule has 52 heavy (non-hydrogen) atoms. The summed E-state index contributed by atoms with van der Waals surface area (Å²) in [4.78, 5) is 26.7. The quantitative estimate of drug-likeness (QED) is 0.0220. The lowest BCUT2D eigenvalue weighted by Gasteiger charge is -2.21. The average Bonchev–Trinajstić information content (AvgIpc) is 3.14. The molecular weight excluding hydrogens is 654 g/mol. The summed E-state index contributed by atoms with van der Waals surface area (Å²) in [6.07, 6.45) is 31.8. The van der Waals surface area contributed by atoms with E-state index < -0.39 is 0 Å². The molecule has 0 saturated carbocycles. The van der Waals surface area contributed by atoms with Crippen molar-refractivity contribution in [2.24, 2.45) is 0 Å². The number of rotatable bonds is 38. The Morgan fingerprint density at radius 3 is 1.79 bits per heavy atom. The molecule has 0 aliphatic rings. The van der Waals surface area contributed by atoms with Gasteiger partial charge in [-0.1, -0.05) is 102 Å². The predicted molar refractivity (Wildman–Crippen MR) is 215 cm³/mol. The van der Waals surface area contributed by atoms with Gasteiger partial charge in [-0.05, 0) is 96.6 Å². The van der Waals surface area contributed by atoms with Gasteiger partial charge < -0.3 is 29.0 Å². The number of ether oxygens (including phenoxy) is 4. The zero-order valence-corrected chi connectivity index (χ0v) is 33.9. The molecule has 0 aliphatic heterocycles. The molecule has 0 aromatic carbocycles. The number of carbonyl (C=O) groups excluding carboxylic acids is 2. The highest BCUT2D eigenvalue weighted by Crippen LogP contribution is 2.12. The highest BCUT2D eigenvalue weighted by Gasteiger charge is 2.13. The van der Waals surface area contributed by atoms with Crippen LogP contribution in [0.5, 0.6) is 0 Å². The minimum atomic E-state index is -0.363. The van der Waals surface area contributed by atoms with Crippen LogP contribution in [-0.2, 0) is 28.5 Å². The normalized spacial score (nSPS) is 11.6. The van der Waals surface area contributed by atoms with E-state index in [4.69, 9.17) is 18.9 Å². The number of aliphatic hydroxyl groups excluding tert-OH is 1. The third-order valence-electron chi connectivity index (χ3n) is 8.77. The molecule has 0 spiro atoms. The highest BCUT2D eigenvalue weighted by atomic mass is 16.7. The summed E-state index contributed by atoms with van der Waals surface area (Å²) < 4.78 is 22.8. The number of unbranched alkanes of at least 4 members (excludes halogenated alkanes) is 14. The molecule has 1 N–H and O–H groups in total. The van der Waals surface area contributed by atoms with Crippen molar-refractivity contribution >= 4 is 11.9 Å². The van der Waals surface area contributed by atoms with Crippen molar-refractivity contribution in [3.8, 4) is 11.8 Å². The second kappa shape index (κ2) is 41.6. The first-order valence-electron chi connectivity index (χ1n) is 21.2. The van der Waals surface area contributed by atoms with E-state index in [2.05, 4.69) is 61.8 Å². The monoisotopic (exact) mass is 734 g/mol. The fourth-order valence-electron chi connectivity index (χ4n) is 5.63. The van der Waals surface area contributed by atoms with Gasteiger partial charge in [-0.15, -0.1) is 0 Å². The topological polar surface area (TPSA) is 94.5 Å². The van der Waals surface area contributed by atoms with Crippen LogP contribution in [0.4, 0.5) is 0 Å². The average molecular weight is 734 g/mol. The minimum absolute atomic E-state index is 0.149. The van der Waals surface area contributed by atoms with Crippen LogP contribution in [0.25, 0.3) is 0 Å². The lowest BCUT2D eigenvalue weighted by Crippen LogP contribution is -2.29. The van der Waals surface area contributed by atoms with Gasteiger partial charge >= 0.3 is 11.9 Å². The molecule has 0 amide bonds. The third kappa shape index (κ3) is 37.6. The van der Waals surface area contributed by atoms with Crippen LogP contribution in [0.15, 0.2) is 24.3 Å². The zero-order valence-electron chi connectivity index (χ0n) is 33.9. The van der Waals surface area contributed by atoms with Gasteiger partial charge in [0.1, 0.15) is 0 Å². The van der Waals surface area contributed by atoms with E-state index in [1.54, 1.807) is 0 Å². The third-order valence-corrected chi connectivity index (χ3v) is 8.77. The van der Waals surface area contributed by atoms with E-state index in [-0.39, 0.29) is 31.4 Å². The first-order valence-corrected chi connectivity index (χ1v) is 21.2. The standard InChI is InChI=1S/C44H79NO7/c1-4-7-10-13-20-27-38-49-42(47)31-24-17-16-18-25-34-45(36-37-46)35-26-19-23-28-39-50-43(48)32-33-44(51-40-29-21-14-11-8-5-2)52-41-30-22-15-12-9-6-3/h8-9,11-12,44,46H,4-7,10,13-19,21-26,28-41H2,1-3H3/b11-8-,12-9-. The molecule has 0 aromatic heterocycles. The second-order valence-electron chi connectivity index (χ2n) is 13.6. The number of esters is 2. The largest absolute Gasteiger partial charge is 0.466 e. The molecule has 0 radical (unpaired) electrons. The Hall–Kier alpha value is -2.18. The maximum absolute atomic E-state index is 12.4. The van der Waals surface area contributed by atoms with Crippen molar-refractivity contribution in [1.82, 2.24) is 4.90 Å². The molecule has 0 unspecified atom stereocenters. The smallest absolute Gasteiger partial charge is 0.306 e. The summed E-state index contributed by atoms with van der Waals surface area (Å²) >= 11 is 0. The lowest BCUT2D eigenvalue weighted by atomic mass is 10.1. The van der Waals surface area contributed by atoms with Gasteiger partial charge in [0, 0.05) is 39.0 Å². The molecule has 0 rings (SSSR count). The predicted octanol–water partition coefficient (Wildman–Crippen LogP) is 10.3. The van der Waals surface area contributed by atoms with E-state index in [0.29, 0.717) is 45.6 Å². The van der Waals surface area contributed by atoms with Crippen LogP contribution < -0.4 is 0 Å². The molecule has 0 aromatic rings. The summed E-state index contributed by atoms with van der Waals surface area (Å²) in [6.45, 7) is 11.2. The molecule has 0 fully saturated rings. The molecule has 0 bridgehead atoms. The van der Waals surface area contributed by atoms with Crippen LogP contribution in [0.2, 0.25) is 0 Å². The molecule has 302 valence electrons. The summed E-state index contributed by atoms with van der Waals surface area (Å²) in [7, 11) is 0. The van der Waals surface area contributed by atoms with Gasteiger partial charge in [-0.25, -0.2) is 0 Å². The van der Waals surface area contributed by atoms with Crippen molar-refractivity contribution in [2.75, 3.05) is 52.7 Å². The fraction of sp³-hybridized carbons (Fsp3) is 0.818. The zero-order chi connectivity index (χ0) is 38.0. The van der Waals surface area contributed by atoms with Crippen molar-refractivity contribution < 1.29 is 33.6 Å². The number of carbonyl (C=O) groups is 2. The molecule has 0 saturated heterocycles. The molecule has 0 aliphatic carbocycles. The Kier molecular flexibility index (Phi) is 39.8. The number of aliphatic hydroxyl groups is 1. The summed E-state index contributed by atoms with van der Waals surface area (Å²) in [5.74, 6) is 5.67. The number of nitrogens with zero attached hydrogens (tertiary/aromatic N) is 1. The fourth-order valence-corrected chi connectivity index (χ4v) is 5.63. The summed E-state index contributed by atoms with van der Waals surface area (Å²) in [5, 5.41) is 9.51. The van der Waals surface area contributed by atoms with Gasteiger partial charge in [-0.3, -0.25) is 9.59 Å². The number of allylic oxidation sites excluding steroid dienone is 4. The highest BCUT2D eigenvalue weighted by molar-refractivity contribution is 5.69. The van der Waals surface area contributed by atoms with Crippen molar-refractivity contribution in [1.29, 1.82) is 0 Å². The first-order chi connectivity index (χ1) is 25.6. The second-order valence-corrected chi connectivity index (χ2v) is 13.6. The van der Waals surface area contributed by atoms with Gasteiger partial charge in [-0.2, -0.15) is 0 Å². The van der Waals surface area contributed by atoms with Crippen LogP contribution in [0, 0.1) is 11.8 Å². The van der Waals surface area contributed by atoms with Gasteiger partial charge in [0.05, 0.1) is 19.6 Å². The van der Waals surface area contributed by atoms with Crippen molar-refractivity contribution in [2.45, 2.75) is 181 Å². The van der Waals surface area contributed by atoms with Gasteiger partial charge in [0.25, 0.3) is 0 Å². The number of hydrogen-bond acceptors (Lipinski definition) is 8. The molecular formula is C44H79NO7. The lowest BCUT2D eigenvalue weighted by molar-refractivity contribution is -0.159. The molecule has 8 heteroatoms. The first kappa shape index (κ1) is 49.8.